The molecule has 0 spiro atoms. The van der Waals surface area contributed by atoms with Crippen molar-refractivity contribution >= 4 is 11.9 Å². The summed E-state index contributed by atoms with van der Waals surface area (Å²) in [4.78, 5) is 20.6. The Hall–Kier alpha value is -1.88. The first-order valence-corrected chi connectivity index (χ1v) is 10.4. The Morgan fingerprint density at radius 1 is 1.30 bits per heavy atom. The van der Waals surface area contributed by atoms with Crippen molar-refractivity contribution in [3.63, 3.8) is 0 Å². The van der Waals surface area contributed by atoms with Crippen LogP contribution >= 0.6 is 0 Å². The normalized spacial score (nSPS) is 23.1. The molecule has 1 aliphatic rings. The van der Waals surface area contributed by atoms with Crippen LogP contribution in [0, 0.1) is 5.92 Å². The fraction of sp³-hybridized carbons (Fsp3) is 0.800. The number of esters is 1. The van der Waals surface area contributed by atoms with Gasteiger partial charge in [-0.1, -0.05) is 39.5 Å². The fourth-order valence-corrected chi connectivity index (χ4v) is 3.50. The topological polar surface area (TPSA) is 159 Å². The Bertz CT molecular complexity index is 567. The molecule has 0 aromatic heterocycles. The second-order valence-electron chi connectivity index (χ2n) is 7.47. The van der Waals surface area contributed by atoms with Gasteiger partial charge in [-0.05, 0) is 12.5 Å². The van der Waals surface area contributed by atoms with E-state index in [-0.39, 0.29) is 24.9 Å². The number of carbonyl (C=O) groups is 1. The van der Waals surface area contributed by atoms with Gasteiger partial charge in [0.05, 0.1) is 12.6 Å². The van der Waals surface area contributed by atoms with Crippen molar-refractivity contribution in [3.8, 4) is 0 Å². The lowest BCUT2D eigenvalue weighted by atomic mass is 9.87. The van der Waals surface area contributed by atoms with Crippen LogP contribution in [-0.2, 0) is 23.9 Å². The smallest absolute Gasteiger partial charge is 0.306 e. The molecule has 0 saturated carbocycles. The minimum Gasteiger partial charge on any atom is -0.489 e. The highest BCUT2D eigenvalue weighted by Gasteiger charge is 2.42. The maximum Gasteiger partial charge on any atom is 0.306 e. The van der Waals surface area contributed by atoms with E-state index in [2.05, 4.69) is 16.8 Å². The van der Waals surface area contributed by atoms with Crippen molar-refractivity contribution in [3.05, 3.63) is 11.8 Å². The van der Waals surface area contributed by atoms with E-state index in [1.807, 2.05) is 6.92 Å². The van der Waals surface area contributed by atoms with Gasteiger partial charge in [-0.25, -0.2) is 9.88 Å². The lowest BCUT2D eigenvalue weighted by Gasteiger charge is -2.39. The standard InChI is InChI=1S/C20H37N3O7/c1-4-5-6-7-8-9-17(25)30-16(11-24)19(27-3)18-13(2)15(23-20(21)22)10-14(29-18)12-28-26/h10,13,15-16,18-19,24,26H,4-9,11-12H2,1-3H3,(H4,21,22,23)/t13-,15+,16-,18-,19-/m1/s1. The second-order valence-corrected chi connectivity index (χ2v) is 7.47. The minimum atomic E-state index is -0.931. The number of ether oxygens (including phenoxy) is 3. The van der Waals surface area contributed by atoms with Crippen LogP contribution in [0.2, 0.25) is 0 Å². The van der Waals surface area contributed by atoms with E-state index in [0.29, 0.717) is 5.76 Å². The van der Waals surface area contributed by atoms with Crippen molar-refractivity contribution in [1.29, 1.82) is 0 Å². The Morgan fingerprint density at radius 2 is 2.00 bits per heavy atom. The first-order valence-electron chi connectivity index (χ1n) is 10.4. The molecule has 5 atom stereocenters. The van der Waals surface area contributed by atoms with Crippen LogP contribution in [0.1, 0.15) is 52.4 Å². The summed E-state index contributed by atoms with van der Waals surface area (Å²) in [6.07, 6.45) is 4.58. The van der Waals surface area contributed by atoms with Gasteiger partial charge in [0.1, 0.15) is 24.6 Å². The highest BCUT2D eigenvalue weighted by atomic mass is 17.1. The number of nitrogens with zero attached hydrogens (tertiary/aromatic N) is 1. The molecule has 10 nitrogen and oxygen atoms in total. The highest BCUT2D eigenvalue weighted by molar-refractivity contribution is 5.76. The summed E-state index contributed by atoms with van der Waals surface area (Å²) in [7, 11) is 1.44. The van der Waals surface area contributed by atoms with E-state index >= 15 is 0 Å². The largest absolute Gasteiger partial charge is 0.489 e. The van der Waals surface area contributed by atoms with Crippen molar-refractivity contribution in [2.24, 2.45) is 22.4 Å². The lowest BCUT2D eigenvalue weighted by molar-refractivity contribution is -0.244. The molecular formula is C20H37N3O7. The second kappa shape index (κ2) is 14.2. The monoisotopic (exact) mass is 431 g/mol. The molecule has 0 unspecified atom stereocenters. The lowest BCUT2D eigenvalue weighted by Crippen LogP contribution is -2.51. The molecule has 0 aliphatic carbocycles. The number of aliphatic imine (C=N–C) groups is 1. The average Bonchev–Trinajstić information content (AvgIpc) is 2.70. The molecule has 30 heavy (non-hydrogen) atoms. The molecule has 10 heteroatoms. The molecule has 0 bridgehead atoms. The summed E-state index contributed by atoms with van der Waals surface area (Å²) in [5, 5.41) is 18.7. The SMILES string of the molecule is CCCCCCCC(=O)O[C@H](CO)[C@@H](OC)[C@@H]1OC(COO)=C[C@H](N=C(N)N)[C@H]1C. The Balaban J connectivity index is 2.85. The quantitative estimate of drug-likeness (QED) is 0.0794. The number of carbonyl (C=O) groups excluding carboxylic acids is 1. The third-order valence-corrected chi connectivity index (χ3v) is 5.12. The third kappa shape index (κ3) is 8.47. The molecule has 1 rings (SSSR count). The molecule has 174 valence electrons. The summed E-state index contributed by atoms with van der Waals surface area (Å²) in [6.45, 7) is 3.34. The van der Waals surface area contributed by atoms with Crippen LogP contribution in [-0.4, -0.2) is 67.0 Å². The average molecular weight is 432 g/mol. The summed E-state index contributed by atoms with van der Waals surface area (Å²) < 4.78 is 16.9. The van der Waals surface area contributed by atoms with E-state index in [1.54, 1.807) is 6.08 Å². The first-order chi connectivity index (χ1) is 14.4. The van der Waals surface area contributed by atoms with Gasteiger partial charge in [-0.2, -0.15) is 0 Å². The van der Waals surface area contributed by atoms with Crippen LogP contribution in [0.3, 0.4) is 0 Å². The zero-order valence-electron chi connectivity index (χ0n) is 18.2. The van der Waals surface area contributed by atoms with Gasteiger partial charge in [0.25, 0.3) is 0 Å². The predicted molar refractivity (Wildman–Crippen MR) is 111 cm³/mol. The summed E-state index contributed by atoms with van der Waals surface area (Å²) >= 11 is 0. The van der Waals surface area contributed by atoms with Crippen LogP contribution in [0.5, 0.6) is 0 Å². The van der Waals surface area contributed by atoms with Crippen molar-refractivity contribution in [2.75, 3.05) is 20.3 Å². The molecule has 0 fully saturated rings. The first kappa shape index (κ1) is 26.2. The van der Waals surface area contributed by atoms with Gasteiger partial charge in [-0.15, -0.1) is 0 Å². The molecule has 0 radical (unpaired) electrons. The summed E-state index contributed by atoms with van der Waals surface area (Å²) in [6, 6.07) is -0.467. The van der Waals surface area contributed by atoms with Gasteiger partial charge in [0.2, 0.25) is 0 Å². The highest BCUT2D eigenvalue weighted by Crippen LogP contribution is 2.31. The van der Waals surface area contributed by atoms with Gasteiger partial charge in [0.15, 0.2) is 12.1 Å². The zero-order chi connectivity index (χ0) is 22.5. The summed E-state index contributed by atoms with van der Waals surface area (Å²) in [5.74, 6) is -0.473. The van der Waals surface area contributed by atoms with Crippen LogP contribution in [0.25, 0.3) is 0 Å². The number of rotatable bonds is 14. The molecule has 0 amide bonds. The maximum atomic E-state index is 12.3. The predicted octanol–water partition coefficient (Wildman–Crippen LogP) is 1.32. The Labute approximate surface area is 178 Å². The van der Waals surface area contributed by atoms with Gasteiger partial charge >= 0.3 is 5.97 Å². The van der Waals surface area contributed by atoms with E-state index in [0.717, 1.165) is 32.1 Å². The molecule has 0 aromatic rings. The van der Waals surface area contributed by atoms with Crippen molar-refractivity contribution in [2.45, 2.75) is 76.7 Å². The van der Waals surface area contributed by atoms with E-state index in [1.165, 1.54) is 7.11 Å². The van der Waals surface area contributed by atoms with Crippen LogP contribution < -0.4 is 11.5 Å². The molecule has 1 heterocycles. The number of unbranched alkanes of at least 4 members (excludes halogenated alkanes) is 4. The molecular weight excluding hydrogens is 394 g/mol. The molecule has 6 N–H and O–H groups in total. The number of aliphatic hydroxyl groups excluding tert-OH is 1. The molecule has 1 aliphatic heterocycles. The maximum absolute atomic E-state index is 12.3. The number of methoxy groups -OCH3 is 1. The fourth-order valence-electron chi connectivity index (χ4n) is 3.50. The van der Waals surface area contributed by atoms with Crippen molar-refractivity contribution < 1.29 is 34.3 Å². The number of hydrogen-bond acceptors (Lipinski definition) is 8. The minimum absolute atomic E-state index is 0.102. The Morgan fingerprint density at radius 3 is 2.57 bits per heavy atom. The van der Waals surface area contributed by atoms with Crippen molar-refractivity contribution in [1.82, 2.24) is 0 Å². The van der Waals surface area contributed by atoms with E-state index in [4.69, 9.17) is 30.9 Å². The number of guanidine groups is 1. The number of nitrogens with two attached hydrogens (primary N) is 2. The number of hydrogen-bond donors (Lipinski definition) is 4. The zero-order valence-corrected chi connectivity index (χ0v) is 18.2. The summed E-state index contributed by atoms with van der Waals surface area (Å²) in [5.41, 5.74) is 11.0. The van der Waals surface area contributed by atoms with Crippen LogP contribution in [0.4, 0.5) is 0 Å². The molecule has 0 aromatic carbocycles. The van der Waals surface area contributed by atoms with E-state index in [9.17, 15) is 9.90 Å². The van der Waals surface area contributed by atoms with E-state index < -0.39 is 36.9 Å². The van der Waals surface area contributed by atoms with Gasteiger partial charge in [0, 0.05) is 19.4 Å². The Kier molecular flexibility index (Phi) is 12.4. The van der Waals surface area contributed by atoms with Gasteiger partial charge < -0.3 is 30.8 Å². The third-order valence-electron chi connectivity index (χ3n) is 5.12. The molecule has 0 saturated heterocycles. The van der Waals surface area contributed by atoms with Gasteiger partial charge in [-0.3, -0.25) is 10.1 Å². The van der Waals surface area contributed by atoms with Crippen LogP contribution in [0.15, 0.2) is 16.8 Å². The number of aliphatic hydroxyl groups is 1.